The fraction of sp³-hybridized carbons (Fsp3) is 0.346. The van der Waals surface area contributed by atoms with E-state index in [9.17, 15) is 14.7 Å². The monoisotopic (exact) mass is 499 g/mol. The van der Waals surface area contributed by atoms with Gasteiger partial charge in [-0.3, -0.25) is 0 Å². The fourth-order valence-electron chi connectivity index (χ4n) is 4.43. The molecule has 0 radical (unpaired) electrons. The van der Waals surface area contributed by atoms with E-state index in [1.165, 1.54) is 20.0 Å². The third-order valence-corrected chi connectivity index (χ3v) is 6.22. The molecule has 1 atom stereocenters. The minimum Gasteiger partial charge on any atom is -0.507 e. The molecule has 4 rings (SSSR count). The van der Waals surface area contributed by atoms with Crippen LogP contribution in [0.25, 0.3) is 11.0 Å². The lowest BCUT2D eigenvalue weighted by Crippen LogP contribution is -2.26. The van der Waals surface area contributed by atoms with Crippen molar-refractivity contribution in [2.75, 3.05) is 26.7 Å². The summed E-state index contributed by atoms with van der Waals surface area (Å²) in [7, 11) is 1.28. The lowest BCUT2D eigenvalue weighted by atomic mass is 9.86. The van der Waals surface area contributed by atoms with Crippen molar-refractivity contribution in [3.63, 3.8) is 0 Å². The number of amides is 1. The van der Waals surface area contributed by atoms with Crippen LogP contribution < -0.4 is 11.1 Å². The van der Waals surface area contributed by atoms with E-state index in [2.05, 4.69) is 20.2 Å². The smallest absolute Gasteiger partial charge is 0.427 e. The van der Waals surface area contributed by atoms with Crippen LogP contribution in [0.5, 0.6) is 5.75 Å². The van der Waals surface area contributed by atoms with Crippen LogP contribution in [0.2, 0.25) is 0 Å². The number of methoxy groups -OCH3 is 1. The number of para-hydroxylation sites is 1. The molecule has 1 fully saturated rings. The molecule has 1 aliphatic heterocycles. The number of hydrazone groups is 1. The summed E-state index contributed by atoms with van der Waals surface area (Å²) in [4.78, 5) is 27.1. The number of likely N-dealkylation sites (tertiary alicyclic amines) is 1. The number of aromatic hydroxyl groups is 1. The van der Waals surface area contributed by atoms with Crippen LogP contribution in [0.3, 0.4) is 0 Å². The Morgan fingerprint density at radius 2 is 1.83 bits per heavy atom. The van der Waals surface area contributed by atoms with Crippen LogP contribution in [0, 0.1) is 0 Å². The van der Waals surface area contributed by atoms with Gasteiger partial charge in [-0.25, -0.2) is 15.0 Å². The first-order valence-corrected chi connectivity index (χ1v) is 11.5. The Hall–Kier alpha value is -3.36. The Bertz CT molecular complexity index is 1220. The molecular formula is C26H30ClN3O5. The fourth-order valence-corrected chi connectivity index (χ4v) is 4.43. The van der Waals surface area contributed by atoms with Crippen LogP contribution in [-0.4, -0.2) is 48.6 Å². The average molecular weight is 500 g/mol. The number of hydrogen-bond acceptors (Lipinski definition) is 7. The molecule has 1 aliphatic rings. The lowest BCUT2D eigenvalue weighted by Gasteiger charge is -2.21. The van der Waals surface area contributed by atoms with E-state index in [1.54, 1.807) is 24.3 Å². The van der Waals surface area contributed by atoms with Gasteiger partial charge < -0.3 is 19.2 Å². The summed E-state index contributed by atoms with van der Waals surface area (Å²) in [5, 5.41) is 15.9. The number of rotatable bonds is 8. The van der Waals surface area contributed by atoms with Crippen molar-refractivity contribution in [3.8, 4) is 5.75 Å². The minimum absolute atomic E-state index is 0. The van der Waals surface area contributed by atoms with Crippen LogP contribution >= 0.6 is 12.4 Å². The average Bonchev–Trinajstić information content (AvgIpc) is 3.38. The van der Waals surface area contributed by atoms with Crippen molar-refractivity contribution < 1.29 is 19.1 Å². The normalized spacial score (nSPS) is 14.9. The van der Waals surface area contributed by atoms with Crippen molar-refractivity contribution >= 4 is 35.2 Å². The van der Waals surface area contributed by atoms with Crippen molar-refractivity contribution in [1.29, 1.82) is 0 Å². The third kappa shape index (κ3) is 6.41. The van der Waals surface area contributed by atoms with Gasteiger partial charge in [0.15, 0.2) is 0 Å². The summed E-state index contributed by atoms with van der Waals surface area (Å²) in [5.41, 5.74) is 3.87. The van der Waals surface area contributed by atoms with Gasteiger partial charge in [0.25, 0.3) is 0 Å². The van der Waals surface area contributed by atoms with E-state index in [1.807, 2.05) is 30.3 Å². The largest absolute Gasteiger partial charge is 0.507 e. The number of carbonyl (C=O) groups excluding carboxylic acids is 1. The molecule has 1 saturated heterocycles. The molecule has 2 heterocycles. The highest BCUT2D eigenvalue weighted by Gasteiger charge is 2.27. The van der Waals surface area contributed by atoms with Crippen molar-refractivity contribution in [2.45, 2.75) is 31.6 Å². The number of carbonyl (C=O) groups is 1. The van der Waals surface area contributed by atoms with Gasteiger partial charge in [0.05, 0.1) is 18.1 Å². The number of nitrogens with one attached hydrogen (secondary N) is 1. The molecule has 1 amide bonds. The van der Waals surface area contributed by atoms with Crippen LogP contribution in [0.15, 0.2) is 68.9 Å². The molecule has 3 aromatic rings. The van der Waals surface area contributed by atoms with E-state index in [0.717, 1.165) is 25.2 Å². The maximum atomic E-state index is 13.1. The Morgan fingerprint density at radius 1 is 1.14 bits per heavy atom. The predicted octanol–water partition coefficient (Wildman–Crippen LogP) is 4.64. The molecule has 1 aromatic heterocycles. The zero-order valence-electron chi connectivity index (χ0n) is 19.6. The minimum atomic E-state index is -0.664. The Kier molecular flexibility index (Phi) is 9.28. The molecule has 8 nitrogen and oxygen atoms in total. The molecule has 2 aromatic carbocycles. The molecule has 2 N–H and O–H groups in total. The molecular weight excluding hydrogens is 470 g/mol. The lowest BCUT2D eigenvalue weighted by molar-refractivity contribution is 0.171. The summed E-state index contributed by atoms with van der Waals surface area (Å²) < 4.78 is 10.2. The maximum absolute atomic E-state index is 13.1. The quantitative estimate of drug-likeness (QED) is 0.266. The van der Waals surface area contributed by atoms with Crippen molar-refractivity contribution in [3.05, 3.63) is 76.1 Å². The molecule has 1 unspecified atom stereocenters. The van der Waals surface area contributed by atoms with E-state index >= 15 is 0 Å². The number of hydrogen-bond donors (Lipinski definition) is 2. The molecule has 0 spiro atoms. The Morgan fingerprint density at radius 3 is 2.54 bits per heavy atom. The van der Waals surface area contributed by atoms with Crippen LogP contribution in [0.4, 0.5) is 4.79 Å². The summed E-state index contributed by atoms with van der Waals surface area (Å²) in [6.07, 6.45) is 2.60. The van der Waals surface area contributed by atoms with E-state index in [4.69, 9.17) is 4.42 Å². The second kappa shape index (κ2) is 12.4. The molecule has 35 heavy (non-hydrogen) atoms. The van der Waals surface area contributed by atoms with E-state index in [0.29, 0.717) is 29.5 Å². The van der Waals surface area contributed by atoms with Crippen molar-refractivity contribution in [1.82, 2.24) is 10.3 Å². The Balaban J connectivity index is 0.00000342. The number of nitrogens with zero attached hydrogens (tertiary/aromatic N) is 2. The van der Waals surface area contributed by atoms with Gasteiger partial charge in [-0.05, 0) is 50.0 Å². The number of fused-ring (bicyclic) bond motifs is 1. The summed E-state index contributed by atoms with van der Waals surface area (Å²) in [6, 6.07) is 16.4. The molecule has 0 bridgehead atoms. The number of benzene rings is 2. The van der Waals surface area contributed by atoms with Gasteiger partial charge >= 0.3 is 11.7 Å². The molecule has 0 aliphatic carbocycles. The van der Waals surface area contributed by atoms with E-state index < -0.39 is 17.6 Å². The number of ether oxygens (including phenoxy) is 1. The summed E-state index contributed by atoms with van der Waals surface area (Å²) >= 11 is 0. The first kappa shape index (κ1) is 26.2. The van der Waals surface area contributed by atoms with Gasteiger partial charge in [0.1, 0.15) is 11.3 Å². The van der Waals surface area contributed by atoms with Gasteiger partial charge in [0, 0.05) is 24.6 Å². The third-order valence-electron chi connectivity index (χ3n) is 6.22. The highest BCUT2D eigenvalue weighted by atomic mass is 35.5. The van der Waals surface area contributed by atoms with Gasteiger partial charge in [-0.2, -0.15) is 5.10 Å². The first-order valence-electron chi connectivity index (χ1n) is 11.5. The summed E-state index contributed by atoms with van der Waals surface area (Å²) in [6.45, 7) is 2.87. The Labute approximate surface area is 210 Å². The highest BCUT2D eigenvalue weighted by molar-refractivity contribution is 5.88. The standard InChI is InChI=1S/C26H29N3O5.ClH/c1-33-26(32)28-27-19(13-16-29-14-7-8-15-29)17-21(18-9-3-2-4-10-18)23-24(30)20-11-5-6-12-22(20)34-25(23)31;/h2-6,9-12,21,30H,7-8,13-17H2,1H3,(H,28,32);1H/b27-19-;. The number of halogens is 1. The SMILES string of the molecule is COC(=O)N/N=C(/CCN1CCCC1)CC(c1ccccc1)c1c(O)c2ccccc2oc1=O.Cl. The highest BCUT2D eigenvalue weighted by Crippen LogP contribution is 2.36. The predicted molar refractivity (Wildman–Crippen MR) is 138 cm³/mol. The molecule has 9 heteroatoms. The van der Waals surface area contributed by atoms with Crippen LogP contribution in [-0.2, 0) is 4.74 Å². The summed E-state index contributed by atoms with van der Waals surface area (Å²) in [5.74, 6) is -0.612. The second-order valence-electron chi connectivity index (χ2n) is 8.40. The first-order chi connectivity index (χ1) is 16.6. The maximum Gasteiger partial charge on any atom is 0.427 e. The molecule has 186 valence electrons. The van der Waals surface area contributed by atoms with Gasteiger partial charge in [0.2, 0.25) is 0 Å². The second-order valence-corrected chi connectivity index (χ2v) is 8.40. The zero-order valence-corrected chi connectivity index (χ0v) is 20.4. The zero-order chi connectivity index (χ0) is 23.9. The van der Waals surface area contributed by atoms with Gasteiger partial charge in [-0.1, -0.05) is 42.5 Å². The van der Waals surface area contributed by atoms with Crippen LogP contribution in [0.1, 0.15) is 42.7 Å². The van der Waals surface area contributed by atoms with Crippen molar-refractivity contribution in [2.24, 2.45) is 5.10 Å². The topological polar surface area (TPSA) is 104 Å². The van der Waals surface area contributed by atoms with E-state index in [-0.39, 0.29) is 23.7 Å². The molecule has 0 saturated carbocycles. The van der Waals surface area contributed by atoms with Gasteiger partial charge in [-0.15, -0.1) is 12.4 Å².